The molecule has 2 saturated heterocycles. The van der Waals surface area contributed by atoms with Crippen molar-refractivity contribution >= 4 is 11.8 Å². The van der Waals surface area contributed by atoms with Crippen LogP contribution in [0.25, 0.3) is 0 Å². The molecule has 35 heavy (non-hydrogen) atoms. The molecule has 2 aromatic carbocycles. The molecule has 2 fully saturated rings. The van der Waals surface area contributed by atoms with E-state index in [-0.39, 0.29) is 23.7 Å². The van der Waals surface area contributed by atoms with Crippen molar-refractivity contribution in [2.24, 2.45) is 5.92 Å². The predicted octanol–water partition coefficient (Wildman–Crippen LogP) is 3.31. The SMILES string of the molecule is Cc1ccccc1CN(CC(C)C)C1CC(C(=O)N2CCNCC2)N(C(=O)c2ccc(F)cc2)C1. The summed E-state index contributed by atoms with van der Waals surface area (Å²) in [6, 6.07) is 13.6. The number of piperazine rings is 1. The molecule has 2 aliphatic heterocycles. The summed E-state index contributed by atoms with van der Waals surface area (Å²) >= 11 is 0. The number of amides is 2. The van der Waals surface area contributed by atoms with Gasteiger partial charge in [0.1, 0.15) is 11.9 Å². The van der Waals surface area contributed by atoms with Crippen LogP contribution >= 0.6 is 0 Å². The topological polar surface area (TPSA) is 55.9 Å². The Morgan fingerprint density at radius 2 is 1.77 bits per heavy atom. The van der Waals surface area contributed by atoms with Gasteiger partial charge < -0.3 is 15.1 Å². The molecular weight excluding hydrogens is 443 g/mol. The first-order valence-electron chi connectivity index (χ1n) is 12.7. The molecule has 2 aliphatic rings. The molecule has 7 heteroatoms. The fraction of sp³-hybridized carbons (Fsp3) is 0.500. The largest absolute Gasteiger partial charge is 0.338 e. The molecule has 0 radical (unpaired) electrons. The summed E-state index contributed by atoms with van der Waals surface area (Å²) in [5.74, 6) is -0.120. The van der Waals surface area contributed by atoms with Gasteiger partial charge in [-0.1, -0.05) is 38.1 Å². The van der Waals surface area contributed by atoms with Crippen LogP contribution in [0.15, 0.2) is 48.5 Å². The minimum absolute atomic E-state index is 0.0184. The highest BCUT2D eigenvalue weighted by Crippen LogP contribution is 2.28. The Hall–Kier alpha value is -2.77. The van der Waals surface area contributed by atoms with E-state index in [0.29, 0.717) is 37.5 Å². The molecule has 2 aromatic rings. The average Bonchev–Trinajstić information content (AvgIpc) is 3.30. The normalized spacial score (nSPS) is 20.6. The van der Waals surface area contributed by atoms with Gasteiger partial charge in [0.25, 0.3) is 5.91 Å². The van der Waals surface area contributed by atoms with Crippen LogP contribution in [0.2, 0.25) is 0 Å². The summed E-state index contributed by atoms with van der Waals surface area (Å²) in [6.07, 6.45) is 0.605. The van der Waals surface area contributed by atoms with Crippen molar-refractivity contribution in [3.05, 3.63) is 71.0 Å². The number of rotatable bonds is 7. The number of likely N-dealkylation sites (tertiary alicyclic amines) is 1. The first-order chi connectivity index (χ1) is 16.8. The van der Waals surface area contributed by atoms with E-state index in [0.717, 1.165) is 26.2 Å². The Balaban J connectivity index is 1.61. The minimum Gasteiger partial charge on any atom is -0.338 e. The molecule has 2 heterocycles. The molecule has 4 rings (SSSR count). The molecule has 2 unspecified atom stereocenters. The lowest BCUT2D eigenvalue weighted by Crippen LogP contribution is -2.53. The molecular formula is C28H37FN4O2. The Bertz CT molecular complexity index is 1020. The molecule has 0 saturated carbocycles. The number of hydrogen-bond acceptors (Lipinski definition) is 4. The quantitative estimate of drug-likeness (QED) is 0.661. The van der Waals surface area contributed by atoms with Crippen LogP contribution in [0.5, 0.6) is 0 Å². The number of hydrogen-bond donors (Lipinski definition) is 1. The van der Waals surface area contributed by atoms with E-state index < -0.39 is 6.04 Å². The lowest BCUT2D eigenvalue weighted by atomic mass is 10.0. The van der Waals surface area contributed by atoms with Crippen LogP contribution in [0.3, 0.4) is 0 Å². The van der Waals surface area contributed by atoms with Gasteiger partial charge in [0.15, 0.2) is 0 Å². The number of carbonyl (C=O) groups is 2. The van der Waals surface area contributed by atoms with Crippen molar-refractivity contribution in [2.45, 2.75) is 45.8 Å². The van der Waals surface area contributed by atoms with Crippen molar-refractivity contribution in [3.8, 4) is 0 Å². The summed E-state index contributed by atoms with van der Waals surface area (Å²) in [5.41, 5.74) is 2.92. The smallest absolute Gasteiger partial charge is 0.254 e. The zero-order valence-electron chi connectivity index (χ0n) is 21.0. The van der Waals surface area contributed by atoms with Crippen molar-refractivity contribution < 1.29 is 14.0 Å². The van der Waals surface area contributed by atoms with Crippen LogP contribution in [0.1, 0.15) is 41.8 Å². The van der Waals surface area contributed by atoms with E-state index in [1.165, 1.54) is 35.4 Å². The Morgan fingerprint density at radius 3 is 2.43 bits per heavy atom. The number of carbonyl (C=O) groups excluding carboxylic acids is 2. The molecule has 0 aliphatic carbocycles. The standard InChI is InChI=1S/C28H37FN4O2/c1-20(2)17-32(18-23-7-5-4-6-21(23)3)25-16-26(28(35)31-14-12-30-13-15-31)33(19-25)27(34)22-8-10-24(29)11-9-22/h4-11,20,25-26,30H,12-19H2,1-3H3. The monoisotopic (exact) mass is 480 g/mol. The Kier molecular flexibility index (Phi) is 8.19. The predicted molar refractivity (Wildman–Crippen MR) is 136 cm³/mol. The molecule has 2 atom stereocenters. The van der Waals surface area contributed by atoms with Gasteiger partial charge in [0.2, 0.25) is 5.91 Å². The first kappa shape index (κ1) is 25.3. The summed E-state index contributed by atoms with van der Waals surface area (Å²) in [4.78, 5) is 33.2. The van der Waals surface area contributed by atoms with Crippen molar-refractivity contribution in [3.63, 3.8) is 0 Å². The van der Waals surface area contributed by atoms with Gasteiger partial charge in [0, 0.05) is 57.4 Å². The van der Waals surface area contributed by atoms with Crippen LogP contribution < -0.4 is 5.32 Å². The summed E-state index contributed by atoms with van der Waals surface area (Å²) < 4.78 is 13.5. The zero-order chi connectivity index (χ0) is 24.9. The number of halogens is 1. The van der Waals surface area contributed by atoms with Crippen molar-refractivity contribution in [1.82, 2.24) is 20.0 Å². The van der Waals surface area contributed by atoms with Gasteiger partial charge >= 0.3 is 0 Å². The van der Waals surface area contributed by atoms with Gasteiger partial charge in [-0.15, -0.1) is 0 Å². The molecule has 188 valence electrons. The highest BCUT2D eigenvalue weighted by Gasteiger charge is 2.43. The van der Waals surface area contributed by atoms with Gasteiger partial charge in [-0.3, -0.25) is 14.5 Å². The Labute approximate surface area is 208 Å². The van der Waals surface area contributed by atoms with Crippen LogP contribution in [-0.4, -0.2) is 77.9 Å². The highest BCUT2D eigenvalue weighted by molar-refractivity contribution is 5.98. The maximum absolute atomic E-state index is 13.6. The third-order valence-electron chi connectivity index (χ3n) is 7.10. The molecule has 1 N–H and O–H groups in total. The number of benzene rings is 2. The lowest BCUT2D eigenvalue weighted by molar-refractivity contribution is -0.135. The Morgan fingerprint density at radius 1 is 1.09 bits per heavy atom. The van der Waals surface area contributed by atoms with Crippen LogP contribution in [-0.2, 0) is 11.3 Å². The molecule has 0 bridgehead atoms. The lowest BCUT2D eigenvalue weighted by Gasteiger charge is -2.32. The molecule has 6 nitrogen and oxygen atoms in total. The van der Waals surface area contributed by atoms with Crippen LogP contribution in [0.4, 0.5) is 4.39 Å². The second kappa shape index (κ2) is 11.3. The molecule has 0 spiro atoms. The minimum atomic E-state index is -0.512. The molecule has 0 aromatic heterocycles. The third-order valence-corrected chi connectivity index (χ3v) is 7.10. The van der Waals surface area contributed by atoms with E-state index in [4.69, 9.17) is 0 Å². The maximum Gasteiger partial charge on any atom is 0.254 e. The summed E-state index contributed by atoms with van der Waals surface area (Å²) in [5, 5.41) is 3.29. The number of nitrogens with one attached hydrogen (secondary N) is 1. The zero-order valence-corrected chi connectivity index (χ0v) is 21.0. The third kappa shape index (κ3) is 6.08. The number of aryl methyl sites for hydroxylation is 1. The second-order valence-corrected chi connectivity index (χ2v) is 10.2. The molecule has 2 amide bonds. The fourth-order valence-corrected chi connectivity index (χ4v) is 5.21. The van der Waals surface area contributed by atoms with E-state index in [9.17, 15) is 14.0 Å². The fourth-order valence-electron chi connectivity index (χ4n) is 5.21. The number of nitrogens with zero attached hydrogens (tertiary/aromatic N) is 3. The van der Waals surface area contributed by atoms with Gasteiger partial charge in [-0.05, 0) is 54.7 Å². The maximum atomic E-state index is 13.6. The van der Waals surface area contributed by atoms with E-state index in [2.05, 4.69) is 49.2 Å². The van der Waals surface area contributed by atoms with E-state index >= 15 is 0 Å². The van der Waals surface area contributed by atoms with Crippen molar-refractivity contribution in [2.75, 3.05) is 39.3 Å². The van der Waals surface area contributed by atoms with E-state index in [1.54, 1.807) is 4.90 Å². The summed E-state index contributed by atoms with van der Waals surface area (Å²) in [6.45, 7) is 11.5. The summed E-state index contributed by atoms with van der Waals surface area (Å²) in [7, 11) is 0. The second-order valence-electron chi connectivity index (χ2n) is 10.2. The highest BCUT2D eigenvalue weighted by atomic mass is 19.1. The van der Waals surface area contributed by atoms with Gasteiger partial charge in [-0.25, -0.2) is 4.39 Å². The van der Waals surface area contributed by atoms with Crippen molar-refractivity contribution in [1.29, 1.82) is 0 Å². The van der Waals surface area contributed by atoms with Gasteiger partial charge in [0.05, 0.1) is 0 Å². The first-order valence-corrected chi connectivity index (χ1v) is 12.7. The van der Waals surface area contributed by atoms with Crippen LogP contribution in [0, 0.1) is 18.7 Å². The van der Waals surface area contributed by atoms with Gasteiger partial charge in [-0.2, -0.15) is 0 Å². The van der Waals surface area contributed by atoms with E-state index in [1.807, 2.05) is 11.0 Å². The average molecular weight is 481 g/mol.